The lowest BCUT2D eigenvalue weighted by Crippen LogP contribution is -3.28. The minimum Gasteiger partial charge on any atom is -0.351 e. The summed E-state index contributed by atoms with van der Waals surface area (Å²) in [7, 11) is 0. The highest BCUT2D eigenvalue weighted by Gasteiger charge is 2.25. The third-order valence-electron chi connectivity index (χ3n) is 5.97. The Morgan fingerprint density at radius 2 is 1.48 bits per heavy atom. The Morgan fingerprint density at radius 3 is 2.31 bits per heavy atom. The van der Waals surface area contributed by atoms with Gasteiger partial charge in [0.1, 0.15) is 32.7 Å². The van der Waals surface area contributed by atoms with E-state index in [1.54, 1.807) is 4.90 Å². The number of nitrogens with one attached hydrogen (secondary N) is 3. The molecule has 3 aromatic rings. The molecule has 0 unspecified atom stereocenters. The molecule has 3 N–H and O–H groups in total. The summed E-state index contributed by atoms with van der Waals surface area (Å²) < 4.78 is 0. The first-order valence-electron chi connectivity index (χ1n) is 10.7. The van der Waals surface area contributed by atoms with Crippen LogP contribution in [0, 0.1) is 0 Å². The van der Waals surface area contributed by atoms with Crippen molar-refractivity contribution in [2.75, 3.05) is 39.3 Å². The van der Waals surface area contributed by atoms with Crippen LogP contribution in [0.3, 0.4) is 0 Å². The number of carbonyl (C=O) groups is 1. The maximum Gasteiger partial charge on any atom is 0.275 e. The van der Waals surface area contributed by atoms with E-state index in [0.29, 0.717) is 13.1 Å². The molecule has 0 saturated carbocycles. The third-order valence-corrected chi connectivity index (χ3v) is 5.97. The van der Waals surface area contributed by atoms with Crippen LogP contribution in [0.15, 0.2) is 72.8 Å². The Kier molecular flexibility index (Phi) is 6.55. The van der Waals surface area contributed by atoms with Gasteiger partial charge in [-0.15, -0.1) is 0 Å². The number of rotatable bonds is 7. The van der Waals surface area contributed by atoms with Crippen LogP contribution in [0.2, 0.25) is 0 Å². The Balaban J connectivity index is 1.20. The van der Waals surface area contributed by atoms with Gasteiger partial charge in [-0.05, 0) is 22.8 Å². The molecule has 3 aromatic carbocycles. The van der Waals surface area contributed by atoms with E-state index >= 15 is 0 Å². The zero-order valence-electron chi connectivity index (χ0n) is 17.0. The van der Waals surface area contributed by atoms with Gasteiger partial charge in [-0.2, -0.15) is 0 Å². The van der Waals surface area contributed by atoms with Gasteiger partial charge in [0.25, 0.3) is 5.91 Å². The molecule has 1 saturated heterocycles. The van der Waals surface area contributed by atoms with Gasteiger partial charge in [0, 0.05) is 12.1 Å². The minimum atomic E-state index is 0.174. The predicted molar refractivity (Wildman–Crippen MR) is 117 cm³/mol. The molecular weight excluding hydrogens is 358 g/mol. The van der Waals surface area contributed by atoms with Crippen LogP contribution in [0.1, 0.15) is 11.1 Å². The second kappa shape index (κ2) is 9.68. The molecule has 4 nitrogen and oxygen atoms in total. The summed E-state index contributed by atoms with van der Waals surface area (Å²) in [4.78, 5) is 15.3. The molecule has 1 heterocycles. The maximum atomic E-state index is 12.3. The summed E-state index contributed by atoms with van der Waals surface area (Å²) in [5, 5.41) is 5.77. The molecule has 0 bridgehead atoms. The molecule has 1 amide bonds. The second-order valence-corrected chi connectivity index (χ2v) is 8.08. The summed E-state index contributed by atoms with van der Waals surface area (Å²) in [6.45, 7) is 6.74. The van der Waals surface area contributed by atoms with E-state index in [9.17, 15) is 4.79 Å². The van der Waals surface area contributed by atoms with Crippen molar-refractivity contribution in [2.45, 2.75) is 13.0 Å². The molecular formula is C25H31N3O+2. The number of carbonyl (C=O) groups excluding carboxylic acids is 1. The monoisotopic (exact) mass is 389 g/mol. The molecule has 1 fully saturated rings. The number of quaternary nitrogens is 2. The molecule has 29 heavy (non-hydrogen) atoms. The average Bonchev–Trinajstić information content (AvgIpc) is 2.76. The molecule has 4 heteroatoms. The Morgan fingerprint density at radius 1 is 0.793 bits per heavy atom. The zero-order chi connectivity index (χ0) is 19.9. The van der Waals surface area contributed by atoms with Gasteiger partial charge < -0.3 is 15.1 Å². The summed E-state index contributed by atoms with van der Waals surface area (Å²) in [6, 6.07) is 25.6. The Bertz CT molecular complexity index is 928. The molecule has 150 valence electrons. The first-order valence-corrected chi connectivity index (χ1v) is 10.7. The van der Waals surface area contributed by atoms with E-state index in [4.69, 9.17) is 0 Å². The van der Waals surface area contributed by atoms with Crippen LogP contribution in [0.25, 0.3) is 10.8 Å². The quantitative estimate of drug-likeness (QED) is 0.540. The lowest BCUT2D eigenvalue weighted by atomic mass is 10.0. The van der Waals surface area contributed by atoms with Gasteiger partial charge in [-0.3, -0.25) is 4.79 Å². The number of hydrogen-bond donors (Lipinski definition) is 3. The fourth-order valence-electron chi connectivity index (χ4n) is 4.31. The summed E-state index contributed by atoms with van der Waals surface area (Å²) in [5.41, 5.74) is 2.70. The minimum absolute atomic E-state index is 0.174. The topological polar surface area (TPSA) is 38.0 Å². The van der Waals surface area contributed by atoms with E-state index in [1.807, 2.05) is 18.2 Å². The smallest absolute Gasteiger partial charge is 0.275 e. The molecule has 1 aliphatic rings. The highest BCUT2D eigenvalue weighted by atomic mass is 16.2. The molecule has 0 atom stereocenters. The van der Waals surface area contributed by atoms with E-state index < -0.39 is 0 Å². The highest BCUT2D eigenvalue weighted by molar-refractivity contribution is 5.85. The van der Waals surface area contributed by atoms with Crippen molar-refractivity contribution < 1.29 is 14.6 Å². The van der Waals surface area contributed by atoms with Crippen molar-refractivity contribution in [3.8, 4) is 0 Å². The first-order chi connectivity index (χ1) is 14.3. The van der Waals surface area contributed by atoms with E-state index in [1.165, 1.54) is 26.8 Å². The van der Waals surface area contributed by atoms with Crippen LogP contribution < -0.4 is 15.1 Å². The van der Waals surface area contributed by atoms with Crippen LogP contribution in [0.4, 0.5) is 0 Å². The zero-order valence-corrected chi connectivity index (χ0v) is 17.0. The van der Waals surface area contributed by atoms with Crippen LogP contribution in [-0.2, 0) is 17.8 Å². The van der Waals surface area contributed by atoms with Gasteiger partial charge in [0.2, 0.25) is 0 Å². The van der Waals surface area contributed by atoms with Crippen molar-refractivity contribution in [1.82, 2.24) is 5.32 Å². The van der Waals surface area contributed by atoms with Crippen molar-refractivity contribution in [2.24, 2.45) is 0 Å². The van der Waals surface area contributed by atoms with Crippen molar-refractivity contribution in [3.63, 3.8) is 0 Å². The van der Waals surface area contributed by atoms with Crippen LogP contribution >= 0.6 is 0 Å². The molecule has 4 rings (SSSR count). The molecule has 0 radical (unpaired) electrons. The van der Waals surface area contributed by atoms with Crippen molar-refractivity contribution >= 4 is 16.7 Å². The van der Waals surface area contributed by atoms with Gasteiger partial charge in [-0.25, -0.2) is 0 Å². The number of benzene rings is 3. The SMILES string of the molecule is O=C(C[NH+]1CC[NH+](Cc2cccc3ccccc23)CC1)NCCc1ccccc1. The van der Waals surface area contributed by atoms with Crippen molar-refractivity contribution in [1.29, 1.82) is 0 Å². The summed E-state index contributed by atoms with van der Waals surface area (Å²) >= 11 is 0. The van der Waals surface area contributed by atoms with E-state index in [2.05, 4.69) is 59.9 Å². The lowest BCUT2D eigenvalue weighted by Gasteiger charge is -2.29. The predicted octanol–water partition coefficient (Wildman–Crippen LogP) is 0.482. The number of hydrogen-bond acceptors (Lipinski definition) is 1. The van der Waals surface area contributed by atoms with Crippen LogP contribution in [0.5, 0.6) is 0 Å². The molecule has 0 aliphatic carbocycles. The molecule has 0 spiro atoms. The van der Waals surface area contributed by atoms with Crippen molar-refractivity contribution in [3.05, 3.63) is 83.9 Å². The number of amides is 1. The van der Waals surface area contributed by atoms with E-state index in [0.717, 1.165) is 39.1 Å². The summed E-state index contributed by atoms with van der Waals surface area (Å²) in [5.74, 6) is 0.174. The van der Waals surface area contributed by atoms with Gasteiger partial charge in [0.15, 0.2) is 6.54 Å². The van der Waals surface area contributed by atoms with Gasteiger partial charge in [-0.1, -0.05) is 72.8 Å². The van der Waals surface area contributed by atoms with Gasteiger partial charge in [0.05, 0.1) is 0 Å². The standard InChI is InChI=1S/C25H29N3O/c29-25(26-14-13-21-7-2-1-3-8-21)20-28-17-15-27(16-18-28)19-23-11-6-10-22-9-4-5-12-24(22)23/h1-12H,13-20H2,(H,26,29)/p+2. The Hall–Kier alpha value is -2.69. The van der Waals surface area contributed by atoms with E-state index in [-0.39, 0.29) is 5.91 Å². The lowest BCUT2D eigenvalue weighted by molar-refractivity contribution is -1.02. The van der Waals surface area contributed by atoms with Crippen LogP contribution in [-0.4, -0.2) is 45.2 Å². The highest BCUT2D eigenvalue weighted by Crippen LogP contribution is 2.17. The number of piperazine rings is 1. The third kappa shape index (κ3) is 5.43. The molecule has 1 aliphatic heterocycles. The first kappa shape index (κ1) is 19.6. The van der Waals surface area contributed by atoms with Gasteiger partial charge >= 0.3 is 0 Å². The molecule has 0 aromatic heterocycles. The summed E-state index contributed by atoms with van der Waals surface area (Å²) in [6.07, 6.45) is 0.894. The fourth-order valence-corrected chi connectivity index (χ4v) is 4.31. The number of fused-ring (bicyclic) bond motifs is 1. The fraction of sp³-hybridized carbons (Fsp3) is 0.320. The Labute approximate surface area is 173 Å². The maximum absolute atomic E-state index is 12.3. The normalized spacial score (nSPS) is 19.2. The second-order valence-electron chi connectivity index (χ2n) is 8.08. The largest absolute Gasteiger partial charge is 0.351 e. The average molecular weight is 390 g/mol.